The molecule has 7 heteroatoms. The van der Waals surface area contributed by atoms with Gasteiger partial charge in [0.1, 0.15) is 0 Å². The van der Waals surface area contributed by atoms with E-state index in [1.165, 1.54) is 0 Å². The molecule has 3 unspecified atom stereocenters. The molecule has 2 fully saturated rings. The first-order chi connectivity index (χ1) is 8.98. The summed E-state index contributed by atoms with van der Waals surface area (Å²) in [7, 11) is 0. The van der Waals surface area contributed by atoms with Crippen molar-refractivity contribution >= 4 is 18.3 Å². The molecule has 0 aromatic carbocycles. The van der Waals surface area contributed by atoms with Gasteiger partial charge in [-0.3, -0.25) is 4.79 Å². The summed E-state index contributed by atoms with van der Waals surface area (Å²) in [5.74, 6) is -2.77. The van der Waals surface area contributed by atoms with Crippen LogP contribution in [0, 0.1) is 11.8 Å². The molecule has 2 rings (SSSR count). The molecule has 3 nitrogen and oxygen atoms in total. The van der Waals surface area contributed by atoms with Gasteiger partial charge in [-0.25, -0.2) is 0 Å². The average Bonchev–Trinajstić information content (AvgIpc) is 2.88. The zero-order chi connectivity index (χ0) is 13.9. The highest BCUT2D eigenvalue weighted by molar-refractivity contribution is 5.85. The molecule has 0 bridgehead atoms. The summed E-state index contributed by atoms with van der Waals surface area (Å²) < 4.78 is 38.7. The Bertz CT molecular complexity index is 319. The number of carbonyl (C=O) groups is 1. The number of hydrogen-bond donors (Lipinski definition) is 2. The van der Waals surface area contributed by atoms with Gasteiger partial charge in [-0.15, -0.1) is 12.4 Å². The minimum atomic E-state index is -4.26. The molecule has 2 aliphatic rings. The normalized spacial score (nSPS) is 30.6. The first-order valence-corrected chi connectivity index (χ1v) is 7.06. The fourth-order valence-corrected chi connectivity index (χ4v) is 3.12. The van der Waals surface area contributed by atoms with Gasteiger partial charge < -0.3 is 10.6 Å². The van der Waals surface area contributed by atoms with Crippen LogP contribution in [0.3, 0.4) is 0 Å². The Morgan fingerprint density at radius 2 is 1.85 bits per heavy atom. The minimum absolute atomic E-state index is 0. The van der Waals surface area contributed by atoms with Crippen LogP contribution < -0.4 is 10.6 Å². The van der Waals surface area contributed by atoms with Crippen LogP contribution in [0.1, 0.15) is 38.5 Å². The molecule has 0 aromatic heterocycles. The Balaban J connectivity index is 0.00000200. The highest BCUT2D eigenvalue weighted by Gasteiger charge is 2.47. The smallest absolute Gasteiger partial charge is 0.354 e. The number of amides is 1. The lowest BCUT2D eigenvalue weighted by atomic mass is 9.78. The lowest BCUT2D eigenvalue weighted by molar-refractivity contribution is -0.198. The van der Waals surface area contributed by atoms with Gasteiger partial charge >= 0.3 is 6.18 Å². The maximum Gasteiger partial charge on any atom is 0.392 e. The second kappa shape index (κ2) is 7.50. The van der Waals surface area contributed by atoms with Gasteiger partial charge in [0.25, 0.3) is 0 Å². The molecule has 1 saturated carbocycles. The number of hydrogen-bond acceptors (Lipinski definition) is 2. The van der Waals surface area contributed by atoms with E-state index in [1.54, 1.807) is 0 Å². The molecule has 1 saturated heterocycles. The third-order valence-corrected chi connectivity index (χ3v) is 4.21. The third-order valence-electron chi connectivity index (χ3n) is 4.21. The Kier molecular flexibility index (Phi) is 6.58. The molecule has 0 aromatic rings. The van der Waals surface area contributed by atoms with Crippen molar-refractivity contribution in [1.82, 2.24) is 10.6 Å². The zero-order valence-electron chi connectivity index (χ0n) is 11.3. The SMILES string of the molecule is Cl.O=C(NCC1CCCN1)C1CCCCC1C(F)(F)F. The van der Waals surface area contributed by atoms with Crippen LogP contribution in [0.25, 0.3) is 0 Å². The maximum absolute atomic E-state index is 12.9. The molecule has 2 N–H and O–H groups in total. The Morgan fingerprint density at radius 1 is 1.15 bits per heavy atom. The van der Waals surface area contributed by atoms with E-state index < -0.39 is 23.9 Å². The van der Waals surface area contributed by atoms with Crippen LogP contribution >= 0.6 is 12.4 Å². The summed E-state index contributed by atoms with van der Waals surface area (Å²) in [5.41, 5.74) is 0. The number of alkyl halides is 3. The summed E-state index contributed by atoms with van der Waals surface area (Å²) in [6.45, 7) is 1.37. The van der Waals surface area contributed by atoms with Gasteiger partial charge in [0, 0.05) is 18.5 Å². The van der Waals surface area contributed by atoms with E-state index in [0.717, 1.165) is 19.4 Å². The van der Waals surface area contributed by atoms with Crippen LogP contribution in [-0.2, 0) is 4.79 Å². The second-order valence-electron chi connectivity index (χ2n) is 5.58. The largest absolute Gasteiger partial charge is 0.392 e. The molecule has 118 valence electrons. The van der Waals surface area contributed by atoms with Crippen LogP contribution in [0.2, 0.25) is 0 Å². The van der Waals surface area contributed by atoms with Crippen molar-refractivity contribution in [1.29, 1.82) is 0 Å². The van der Waals surface area contributed by atoms with Crippen molar-refractivity contribution in [2.24, 2.45) is 11.8 Å². The van der Waals surface area contributed by atoms with Gasteiger partial charge in [-0.1, -0.05) is 12.8 Å². The fraction of sp³-hybridized carbons (Fsp3) is 0.923. The molecular formula is C13H22ClF3N2O. The van der Waals surface area contributed by atoms with Gasteiger partial charge in [0.2, 0.25) is 5.91 Å². The van der Waals surface area contributed by atoms with Crippen LogP contribution in [-0.4, -0.2) is 31.2 Å². The standard InChI is InChI=1S/C13H21F3N2O.ClH/c14-13(15,16)11-6-2-1-5-10(11)12(19)18-8-9-4-3-7-17-9;/h9-11,17H,1-8H2,(H,18,19);1H. The molecule has 1 heterocycles. The van der Waals surface area contributed by atoms with Crippen molar-refractivity contribution in [3.8, 4) is 0 Å². The summed E-state index contributed by atoms with van der Waals surface area (Å²) >= 11 is 0. The number of carbonyl (C=O) groups excluding carboxylic acids is 1. The van der Waals surface area contributed by atoms with E-state index in [2.05, 4.69) is 10.6 Å². The molecule has 0 radical (unpaired) electrons. The summed E-state index contributed by atoms with van der Waals surface area (Å²) in [4.78, 5) is 12.0. The number of halogens is 4. The molecule has 1 aliphatic carbocycles. The van der Waals surface area contributed by atoms with Crippen LogP contribution in [0.5, 0.6) is 0 Å². The Labute approximate surface area is 123 Å². The van der Waals surface area contributed by atoms with E-state index >= 15 is 0 Å². The third kappa shape index (κ3) is 4.52. The van der Waals surface area contributed by atoms with Crippen molar-refractivity contribution in [3.05, 3.63) is 0 Å². The van der Waals surface area contributed by atoms with Crippen molar-refractivity contribution in [2.45, 2.75) is 50.7 Å². The molecule has 1 aliphatic heterocycles. The van der Waals surface area contributed by atoms with Crippen molar-refractivity contribution in [3.63, 3.8) is 0 Å². The highest BCUT2D eigenvalue weighted by atomic mass is 35.5. The molecule has 0 spiro atoms. The van der Waals surface area contributed by atoms with E-state index in [9.17, 15) is 18.0 Å². The molecule has 3 atom stereocenters. The first kappa shape index (κ1) is 17.6. The Morgan fingerprint density at radius 3 is 2.45 bits per heavy atom. The predicted octanol–water partition coefficient (Wildman–Crippen LogP) is 2.65. The van der Waals surface area contributed by atoms with E-state index in [0.29, 0.717) is 25.8 Å². The van der Waals surface area contributed by atoms with Crippen molar-refractivity contribution in [2.75, 3.05) is 13.1 Å². The summed E-state index contributed by atoms with van der Waals surface area (Å²) in [5, 5.41) is 5.91. The lowest BCUT2D eigenvalue weighted by Gasteiger charge is -2.32. The van der Waals surface area contributed by atoms with Crippen LogP contribution in [0.4, 0.5) is 13.2 Å². The topological polar surface area (TPSA) is 41.1 Å². The molecule has 20 heavy (non-hydrogen) atoms. The average molecular weight is 315 g/mol. The maximum atomic E-state index is 12.9. The Hall–Kier alpha value is -0.490. The molecular weight excluding hydrogens is 293 g/mol. The summed E-state index contributed by atoms with van der Waals surface area (Å²) in [6.07, 6.45) is -0.487. The quantitative estimate of drug-likeness (QED) is 0.841. The fourth-order valence-electron chi connectivity index (χ4n) is 3.12. The summed E-state index contributed by atoms with van der Waals surface area (Å²) in [6, 6.07) is 0.219. The van der Waals surface area contributed by atoms with Gasteiger partial charge in [-0.2, -0.15) is 13.2 Å². The van der Waals surface area contributed by atoms with Crippen LogP contribution in [0.15, 0.2) is 0 Å². The van der Waals surface area contributed by atoms with E-state index in [-0.39, 0.29) is 24.9 Å². The van der Waals surface area contributed by atoms with E-state index in [1.807, 2.05) is 0 Å². The minimum Gasteiger partial charge on any atom is -0.354 e. The zero-order valence-corrected chi connectivity index (χ0v) is 12.2. The van der Waals surface area contributed by atoms with Crippen molar-refractivity contribution < 1.29 is 18.0 Å². The van der Waals surface area contributed by atoms with E-state index in [4.69, 9.17) is 0 Å². The van der Waals surface area contributed by atoms with Gasteiger partial charge in [-0.05, 0) is 32.2 Å². The molecule has 1 amide bonds. The van der Waals surface area contributed by atoms with Gasteiger partial charge in [0.15, 0.2) is 0 Å². The number of nitrogens with one attached hydrogen (secondary N) is 2. The lowest BCUT2D eigenvalue weighted by Crippen LogP contribution is -2.45. The second-order valence-corrected chi connectivity index (χ2v) is 5.58. The monoisotopic (exact) mass is 314 g/mol. The van der Waals surface area contributed by atoms with Gasteiger partial charge in [0.05, 0.1) is 5.92 Å². The number of rotatable bonds is 3. The first-order valence-electron chi connectivity index (χ1n) is 7.06. The highest BCUT2D eigenvalue weighted by Crippen LogP contribution is 2.41. The predicted molar refractivity (Wildman–Crippen MR) is 72.8 cm³/mol.